The van der Waals surface area contributed by atoms with Crippen LogP contribution < -0.4 is 5.32 Å². The van der Waals surface area contributed by atoms with E-state index in [4.69, 9.17) is 5.11 Å². The molecule has 6 heteroatoms. The van der Waals surface area contributed by atoms with Crippen molar-refractivity contribution in [3.8, 4) is 0 Å². The molecule has 1 atom stereocenters. The van der Waals surface area contributed by atoms with E-state index in [2.05, 4.69) is 24.1 Å². The standard InChI is InChI=1S/C18H33N3O3/c1-14(2)5-9-19-17(22)15-6-11-20(12-7-15)16-4-3-10-21(13-8-16)18(23)24/h14-16H,3-13H2,1-2H3,(H,19,22)(H,23,24)/t16-/m1/s1. The Balaban J connectivity index is 1.72. The fourth-order valence-corrected chi connectivity index (χ4v) is 3.79. The number of hydrogen-bond donors (Lipinski definition) is 2. The van der Waals surface area contributed by atoms with E-state index in [0.717, 1.165) is 58.2 Å². The molecule has 2 amide bonds. The molecule has 24 heavy (non-hydrogen) atoms. The van der Waals surface area contributed by atoms with Gasteiger partial charge in [0.1, 0.15) is 0 Å². The van der Waals surface area contributed by atoms with Gasteiger partial charge in [0.2, 0.25) is 5.91 Å². The lowest BCUT2D eigenvalue weighted by Crippen LogP contribution is -2.45. The number of rotatable bonds is 5. The first-order chi connectivity index (χ1) is 11.5. The van der Waals surface area contributed by atoms with Gasteiger partial charge >= 0.3 is 6.09 Å². The molecule has 0 aromatic rings. The highest BCUT2D eigenvalue weighted by Crippen LogP contribution is 2.24. The van der Waals surface area contributed by atoms with Gasteiger partial charge in [-0.3, -0.25) is 4.79 Å². The Morgan fingerprint density at radius 3 is 2.42 bits per heavy atom. The lowest BCUT2D eigenvalue weighted by atomic mass is 9.93. The van der Waals surface area contributed by atoms with Crippen LogP contribution in [0.4, 0.5) is 4.79 Å². The number of piperidine rings is 1. The summed E-state index contributed by atoms with van der Waals surface area (Å²) < 4.78 is 0. The number of nitrogens with zero attached hydrogens (tertiary/aromatic N) is 2. The van der Waals surface area contributed by atoms with Crippen LogP contribution in [0, 0.1) is 11.8 Å². The van der Waals surface area contributed by atoms with Gasteiger partial charge in [-0.25, -0.2) is 4.79 Å². The summed E-state index contributed by atoms with van der Waals surface area (Å²) in [5.41, 5.74) is 0. The monoisotopic (exact) mass is 339 g/mol. The summed E-state index contributed by atoms with van der Waals surface area (Å²) in [4.78, 5) is 27.4. The van der Waals surface area contributed by atoms with Crippen LogP contribution in [0.15, 0.2) is 0 Å². The van der Waals surface area contributed by atoms with Gasteiger partial charge in [0.25, 0.3) is 0 Å². The Bertz CT molecular complexity index is 420. The van der Waals surface area contributed by atoms with E-state index in [1.54, 1.807) is 0 Å². The maximum Gasteiger partial charge on any atom is 0.407 e. The third kappa shape index (κ3) is 5.65. The van der Waals surface area contributed by atoms with E-state index in [-0.39, 0.29) is 11.8 Å². The molecule has 0 radical (unpaired) electrons. The number of nitrogens with one attached hydrogen (secondary N) is 1. The molecule has 2 N–H and O–H groups in total. The quantitative estimate of drug-likeness (QED) is 0.807. The third-order valence-electron chi connectivity index (χ3n) is 5.41. The largest absolute Gasteiger partial charge is 0.465 e. The van der Waals surface area contributed by atoms with Crippen molar-refractivity contribution in [2.24, 2.45) is 11.8 Å². The van der Waals surface area contributed by atoms with E-state index >= 15 is 0 Å². The number of hydrogen-bond acceptors (Lipinski definition) is 3. The maximum absolute atomic E-state index is 12.2. The summed E-state index contributed by atoms with van der Waals surface area (Å²) in [7, 11) is 0. The first-order valence-corrected chi connectivity index (χ1v) is 9.47. The summed E-state index contributed by atoms with van der Waals surface area (Å²) in [6.45, 7) is 8.33. The average Bonchev–Trinajstić information content (AvgIpc) is 2.80. The molecule has 6 nitrogen and oxygen atoms in total. The maximum atomic E-state index is 12.2. The molecule has 0 spiro atoms. The van der Waals surface area contributed by atoms with E-state index in [1.165, 1.54) is 4.90 Å². The van der Waals surface area contributed by atoms with Gasteiger partial charge in [-0.15, -0.1) is 0 Å². The van der Waals surface area contributed by atoms with Crippen molar-refractivity contribution in [3.05, 3.63) is 0 Å². The molecule has 0 aliphatic carbocycles. The molecule has 2 fully saturated rings. The van der Waals surface area contributed by atoms with Crippen molar-refractivity contribution in [1.82, 2.24) is 15.1 Å². The van der Waals surface area contributed by atoms with Crippen molar-refractivity contribution in [2.45, 2.75) is 58.4 Å². The highest BCUT2D eigenvalue weighted by Gasteiger charge is 2.30. The SMILES string of the molecule is CC(C)CCNC(=O)C1CCN([C@@H]2CCCN(C(=O)O)CC2)CC1. The van der Waals surface area contributed by atoms with Gasteiger partial charge in [0.15, 0.2) is 0 Å². The topological polar surface area (TPSA) is 72.9 Å². The van der Waals surface area contributed by atoms with Crippen LogP contribution in [0.25, 0.3) is 0 Å². The highest BCUT2D eigenvalue weighted by molar-refractivity contribution is 5.78. The molecule has 0 saturated carbocycles. The summed E-state index contributed by atoms with van der Waals surface area (Å²) in [5, 5.41) is 12.2. The molecule has 0 aromatic heterocycles. The zero-order valence-corrected chi connectivity index (χ0v) is 15.2. The Morgan fingerprint density at radius 2 is 1.79 bits per heavy atom. The number of carboxylic acid groups (broad SMARTS) is 1. The van der Waals surface area contributed by atoms with Crippen LogP contribution in [0.5, 0.6) is 0 Å². The molecular weight excluding hydrogens is 306 g/mol. The Hall–Kier alpha value is -1.30. The lowest BCUT2D eigenvalue weighted by Gasteiger charge is -2.36. The Labute approximate surface area is 145 Å². The van der Waals surface area contributed by atoms with Crippen LogP contribution >= 0.6 is 0 Å². The Kier molecular flexibility index (Phi) is 7.34. The number of carbonyl (C=O) groups excluding carboxylic acids is 1. The second-order valence-electron chi connectivity index (χ2n) is 7.64. The molecule has 0 unspecified atom stereocenters. The molecule has 2 saturated heterocycles. The smallest absolute Gasteiger partial charge is 0.407 e. The first-order valence-electron chi connectivity index (χ1n) is 9.47. The van der Waals surface area contributed by atoms with E-state index in [9.17, 15) is 9.59 Å². The van der Waals surface area contributed by atoms with Gasteiger partial charge in [-0.2, -0.15) is 0 Å². The van der Waals surface area contributed by atoms with Gasteiger partial charge in [-0.05, 0) is 57.5 Å². The summed E-state index contributed by atoms with van der Waals surface area (Å²) in [6, 6.07) is 0.472. The highest BCUT2D eigenvalue weighted by atomic mass is 16.4. The van der Waals surface area contributed by atoms with E-state index in [1.807, 2.05) is 0 Å². The normalized spacial score (nSPS) is 24.0. The average molecular weight is 339 g/mol. The second kappa shape index (κ2) is 9.25. The van der Waals surface area contributed by atoms with Gasteiger partial charge in [0, 0.05) is 31.6 Å². The van der Waals surface area contributed by atoms with Crippen molar-refractivity contribution < 1.29 is 14.7 Å². The van der Waals surface area contributed by atoms with Crippen molar-refractivity contribution in [1.29, 1.82) is 0 Å². The summed E-state index contributed by atoms with van der Waals surface area (Å²) in [5.74, 6) is 0.982. The fourth-order valence-electron chi connectivity index (χ4n) is 3.79. The molecule has 0 aromatic carbocycles. The lowest BCUT2D eigenvalue weighted by molar-refractivity contribution is -0.126. The van der Waals surface area contributed by atoms with Crippen molar-refractivity contribution >= 4 is 12.0 Å². The first kappa shape index (κ1) is 19.0. The van der Waals surface area contributed by atoms with E-state index < -0.39 is 6.09 Å². The Morgan fingerprint density at radius 1 is 1.08 bits per heavy atom. The van der Waals surface area contributed by atoms with Crippen molar-refractivity contribution in [3.63, 3.8) is 0 Å². The molecule has 2 aliphatic heterocycles. The van der Waals surface area contributed by atoms with E-state index in [0.29, 0.717) is 25.0 Å². The molecule has 138 valence electrons. The number of carbonyl (C=O) groups is 2. The predicted molar refractivity (Wildman–Crippen MR) is 94.0 cm³/mol. The molecule has 2 heterocycles. The molecule has 0 bridgehead atoms. The summed E-state index contributed by atoms with van der Waals surface area (Å²) in [6.07, 6.45) is 5.00. The minimum atomic E-state index is -0.799. The molecule has 2 rings (SSSR count). The molecule has 2 aliphatic rings. The minimum absolute atomic E-state index is 0.148. The predicted octanol–water partition coefficient (Wildman–Crippen LogP) is 2.39. The number of likely N-dealkylation sites (tertiary alicyclic amines) is 2. The van der Waals surface area contributed by atoms with Crippen LogP contribution in [0.1, 0.15) is 52.4 Å². The van der Waals surface area contributed by atoms with Crippen LogP contribution in [0.2, 0.25) is 0 Å². The van der Waals surface area contributed by atoms with Crippen LogP contribution in [-0.2, 0) is 4.79 Å². The van der Waals surface area contributed by atoms with Crippen molar-refractivity contribution in [2.75, 3.05) is 32.7 Å². The number of amides is 2. The fraction of sp³-hybridized carbons (Fsp3) is 0.889. The zero-order chi connectivity index (χ0) is 17.5. The third-order valence-corrected chi connectivity index (χ3v) is 5.41. The minimum Gasteiger partial charge on any atom is -0.465 e. The van der Waals surface area contributed by atoms with Gasteiger partial charge in [-0.1, -0.05) is 13.8 Å². The van der Waals surface area contributed by atoms with Crippen LogP contribution in [0.3, 0.4) is 0 Å². The van der Waals surface area contributed by atoms with Gasteiger partial charge < -0.3 is 20.2 Å². The van der Waals surface area contributed by atoms with Crippen LogP contribution in [-0.4, -0.2) is 65.7 Å². The second-order valence-corrected chi connectivity index (χ2v) is 7.64. The zero-order valence-electron chi connectivity index (χ0n) is 15.2. The van der Waals surface area contributed by atoms with Gasteiger partial charge in [0.05, 0.1) is 0 Å². The summed E-state index contributed by atoms with van der Waals surface area (Å²) >= 11 is 0. The molecular formula is C18H33N3O3.